The summed E-state index contributed by atoms with van der Waals surface area (Å²) in [5.74, 6) is -0.0447. The van der Waals surface area contributed by atoms with Gasteiger partial charge in [-0.05, 0) is 25.5 Å². The van der Waals surface area contributed by atoms with Gasteiger partial charge in [0.2, 0.25) is 0 Å². The van der Waals surface area contributed by atoms with E-state index in [-0.39, 0.29) is 11.5 Å². The Morgan fingerprint density at radius 2 is 2.25 bits per heavy atom. The predicted octanol–water partition coefficient (Wildman–Crippen LogP) is 0.535. The first-order valence-electron chi connectivity index (χ1n) is 6.32. The average molecular weight is 298 g/mol. The molecule has 0 amide bonds. The fourth-order valence-electron chi connectivity index (χ4n) is 2.22. The van der Waals surface area contributed by atoms with E-state index in [1.54, 1.807) is 12.1 Å². The smallest absolute Gasteiger partial charge is 0.339 e. The maximum atomic E-state index is 11.5. The number of carbonyl (C=O) groups is 1. The number of carbonyl (C=O) groups excluding carboxylic acids is 1. The summed E-state index contributed by atoms with van der Waals surface area (Å²) in [6, 6.07) is 3.37. The van der Waals surface area contributed by atoms with Crippen LogP contribution in [0.25, 0.3) is 0 Å². The van der Waals surface area contributed by atoms with E-state index in [0.29, 0.717) is 18.5 Å². The second-order valence-corrected chi connectivity index (χ2v) is 7.47. The van der Waals surface area contributed by atoms with Crippen LogP contribution in [-0.2, 0) is 21.1 Å². The van der Waals surface area contributed by atoms with E-state index >= 15 is 0 Å². The molecule has 20 heavy (non-hydrogen) atoms. The van der Waals surface area contributed by atoms with Gasteiger partial charge in [0.25, 0.3) is 0 Å². The number of esters is 1. The fraction of sp³-hybridized carbons (Fsp3) is 0.538. The highest BCUT2D eigenvalue weighted by Crippen LogP contribution is 2.23. The van der Waals surface area contributed by atoms with Crippen LogP contribution in [0.5, 0.6) is 0 Å². The van der Waals surface area contributed by atoms with Crippen molar-refractivity contribution in [3.8, 4) is 0 Å². The molecular weight excluding hydrogens is 280 g/mol. The lowest BCUT2D eigenvalue weighted by Crippen LogP contribution is -2.43. The molecule has 110 valence electrons. The summed E-state index contributed by atoms with van der Waals surface area (Å²) < 4.78 is 27.6. The van der Waals surface area contributed by atoms with Crippen molar-refractivity contribution in [1.82, 2.24) is 10.3 Å². The molecule has 1 N–H and O–H groups in total. The largest absolute Gasteiger partial charge is 0.465 e. The zero-order valence-corrected chi connectivity index (χ0v) is 12.4. The van der Waals surface area contributed by atoms with Crippen molar-refractivity contribution < 1.29 is 17.9 Å². The van der Waals surface area contributed by atoms with Gasteiger partial charge in [-0.15, -0.1) is 0 Å². The third-order valence-corrected chi connectivity index (χ3v) is 5.35. The van der Waals surface area contributed by atoms with Gasteiger partial charge in [0.1, 0.15) is 0 Å². The van der Waals surface area contributed by atoms with Crippen molar-refractivity contribution in [2.45, 2.75) is 25.4 Å². The Morgan fingerprint density at radius 1 is 1.50 bits per heavy atom. The number of hydrogen-bond donors (Lipinski definition) is 1. The summed E-state index contributed by atoms with van der Waals surface area (Å²) in [7, 11) is -1.61. The second kappa shape index (κ2) is 5.49. The molecule has 0 spiro atoms. The number of nitrogens with zero attached hydrogens (tertiary/aromatic N) is 1. The van der Waals surface area contributed by atoms with E-state index < -0.39 is 21.3 Å². The number of nitrogens with one attached hydrogen (secondary N) is 1. The number of pyridine rings is 1. The first-order chi connectivity index (χ1) is 9.34. The molecule has 1 aliphatic heterocycles. The highest BCUT2D eigenvalue weighted by atomic mass is 32.2. The molecule has 1 saturated heterocycles. The normalized spacial score (nSPS) is 24.5. The molecule has 0 saturated carbocycles. The van der Waals surface area contributed by atoms with Gasteiger partial charge >= 0.3 is 5.97 Å². The van der Waals surface area contributed by atoms with Crippen LogP contribution in [0.1, 0.15) is 29.4 Å². The fourth-order valence-corrected chi connectivity index (χ4v) is 4.34. The van der Waals surface area contributed by atoms with E-state index in [1.807, 2.05) is 6.92 Å². The minimum Gasteiger partial charge on any atom is -0.465 e. The molecule has 7 heteroatoms. The Kier molecular flexibility index (Phi) is 4.10. The SMILES string of the molecule is COC(=O)c1ccc(CNC2(C)CCS(=O)(=O)C2)nc1. The van der Waals surface area contributed by atoms with Crippen LogP contribution in [0, 0.1) is 0 Å². The van der Waals surface area contributed by atoms with Crippen LogP contribution >= 0.6 is 0 Å². The van der Waals surface area contributed by atoms with E-state index in [1.165, 1.54) is 13.3 Å². The Morgan fingerprint density at radius 3 is 2.75 bits per heavy atom. The molecule has 2 heterocycles. The lowest BCUT2D eigenvalue weighted by Gasteiger charge is -2.23. The van der Waals surface area contributed by atoms with Gasteiger partial charge in [0.15, 0.2) is 9.84 Å². The van der Waals surface area contributed by atoms with Crippen molar-refractivity contribution in [2.24, 2.45) is 0 Å². The minimum atomic E-state index is -2.92. The van der Waals surface area contributed by atoms with Crippen LogP contribution in [0.15, 0.2) is 18.3 Å². The van der Waals surface area contributed by atoms with Crippen molar-refractivity contribution in [3.05, 3.63) is 29.6 Å². The number of ether oxygens (including phenoxy) is 1. The van der Waals surface area contributed by atoms with Gasteiger partial charge in [-0.25, -0.2) is 13.2 Å². The Hall–Kier alpha value is -1.47. The summed E-state index contributed by atoms with van der Waals surface area (Å²) in [6.07, 6.45) is 2.06. The molecule has 0 bridgehead atoms. The number of hydrogen-bond acceptors (Lipinski definition) is 6. The summed E-state index contributed by atoms with van der Waals surface area (Å²) in [5.41, 5.74) is 0.746. The van der Waals surface area contributed by atoms with Crippen LogP contribution in [-0.4, -0.2) is 43.5 Å². The number of aromatic nitrogens is 1. The second-order valence-electron chi connectivity index (χ2n) is 5.29. The first kappa shape index (κ1) is 14.9. The van der Waals surface area contributed by atoms with Crippen molar-refractivity contribution in [3.63, 3.8) is 0 Å². The van der Waals surface area contributed by atoms with Crippen molar-refractivity contribution >= 4 is 15.8 Å². The van der Waals surface area contributed by atoms with Crippen LogP contribution in [0.2, 0.25) is 0 Å². The molecule has 1 fully saturated rings. The number of methoxy groups -OCH3 is 1. The van der Waals surface area contributed by atoms with Crippen LogP contribution < -0.4 is 5.32 Å². The molecule has 1 atom stereocenters. The number of rotatable bonds is 4. The summed E-state index contributed by atoms with van der Waals surface area (Å²) in [5, 5.41) is 3.23. The lowest BCUT2D eigenvalue weighted by molar-refractivity contribution is 0.0600. The van der Waals surface area contributed by atoms with Gasteiger partial charge < -0.3 is 10.1 Å². The van der Waals surface area contributed by atoms with Crippen LogP contribution in [0.4, 0.5) is 0 Å². The molecule has 1 aliphatic rings. The standard InChI is InChI=1S/C13H18N2O4S/c1-13(5-6-20(17,18)9-13)15-8-11-4-3-10(7-14-11)12(16)19-2/h3-4,7,15H,5-6,8-9H2,1-2H3. The maximum Gasteiger partial charge on any atom is 0.339 e. The molecule has 0 radical (unpaired) electrons. The zero-order chi connectivity index (χ0) is 14.8. The molecule has 0 aromatic carbocycles. The predicted molar refractivity (Wildman–Crippen MR) is 74.1 cm³/mol. The molecule has 6 nitrogen and oxygen atoms in total. The van der Waals surface area contributed by atoms with Crippen LogP contribution in [0.3, 0.4) is 0 Å². The quantitative estimate of drug-likeness (QED) is 0.816. The van der Waals surface area contributed by atoms with E-state index in [4.69, 9.17) is 0 Å². The molecule has 1 aromatic rings. The Bertz CT molecular complexity index is 597. The van der Waals surface area contributed by atoms with E-state index in [2.05, 4.69) is 15.0 Å². The summed E-state index contributed by atoms with van der Waals surface area (Å²) in [4.78, 5) is 15.4. The average Bonchev–Trinajstić information content (AvgIpc) is 2.71. The number of sulfone groups is 1. The Labute approximate surface area is 118 Å². The van der Waals surface area contributed by atoms with Gasteiger partial charge in [-0.1, -0.05) is 0 Å². The molecule has 2 rings (SSSR count). The molecule has 1 unspecified atom stereocenters. The first-order valence-corrected chi connectivity index (χ1v) is 8.14. The van der Waals surface area contributed by atoms with E-state index in [9.17, 15) is 13.2 Å². The third kappa shape index (κ3) is 3.55. The molecular formula is C13H18N2O4S. The van der Waals surface area contributed by atoms with E-state index in [0.717, 1.165) is 5.69 Å². The minimum absolute atomic E-state index is 0.153. The highest BCUT2D eigenvalue weighted by Gasteiger charge is 2.37. The highest BCUT2D eigenvalue weighted by molar-refractivity contribution is 7.91. The summed E-state index contributed by atoms with van der Waals surface area (Å²) in [6.45, 7) is 2.37. The lowest BCUT2D eigenvalue weighted by atomic mass is 10.0. The molecule has 1 aromatic heterocycles. The summed E-state index contributed by atoms with van der Waals surface area (Å²) >= 11 is 0. The molecule has 0 aliphatic carbocycles. The van der Waals surface area contributed by atoms with Crippen molar-refractivity contribution in [1.29, 1.82) is 0 Å². The topological polar surface area (TPSA) is 85.4 Å². The van der Waals surface area contributed by atoms with Gasteiger partial charge in [-0.2, -0.15) is 0 Å². The van der Waals surface area contributed by atoms with Gasteiger partial charge in [0, 0.05) is 18.3 Å². The maximum absolute atomic E-state index is 11.5. The monoisotopic (exact) mass is 298 g/mol. The zero-order valence-electron chi connectivity index (χ0n) is 11.5. The third-order valence-electron chi connectivity index (χ3n) is 3.45. The van der Waals surface area contributed by atoms with Gasteiger partial charge in [0.05, 0.1) is 29.9 Å². The van der Waals surface area contributed by atoms with Crippen molar-refractivity contribution in [2.75, 3.05) is 18.6 Å². The van der Waals surface area contributed by atoms with Gasteiger partial charge in [-0.3, -0.25) is 4.98 Å². The Balaban J connectivity index is 1.96.